The zero-order valence-corrected chi connectivity index (χ0v) is 17.9. The van der Waals surface area contributed by atoms with Crippen LogP contribution in [-0.2, 0) is 12.4 Å². The zero-order valence-electron chi connectivity index (χ0n) is 17.9. The largest absolute Gasteiger partial charge is 0.435 e. The molecule has 6 nitrogen and oxygen atoms in total. The molecule has 1 saturated heterocycles. The van der Waals surface area contributed by atoms with Crippen LogP contribution in [0.4, 0.5) is 38.0 Å². The molecule has 1 aromatic carbocycles. The van der Waals surface area contributed by atoms with Gasteiger partial charge in [0.2, 0.25) is 0 Å². The molecule has 4 rings (SSSR count). The first-order valence-corrected chi connectivity index (χ1v) is 10.4. The van der Waals surface area contributed by atoms with Crippen molar-refractivity contribution < 1.29 is 31.5 Å². The third-order valence-corrected chi connectivity index (χ3v) is 5.79. The Kier molecular flexibility index (Phi) is 6.19. The molecule has 3 heterocycles. The number of piperidine rings is 1. The molecule has 182 valence electrons. The minimum absolute atomic E-state index is 0.128. The molecule has 1 aliphatic heterocycles. The van der Waals surface area contributed by atoms with Crippen LogP contribution in [0.1, 0.15) is 24.6 Å². The van der Waals surface area contributed by atoms with Gasteiger partial charge in [-0.2, -0.15) is 31.4 Å². The molecule has 0 saturated carbocycles. The number of hydrogen-bond acceptors (Lipinski definition) is 5. The lowest BCUT2D eigenvalue weighted by molar-refractivity contribution is -0.141. The maximum absolute atomic E-state index is 13.4. The first kappa shape index (κ1) is 23.9. The van der Waals surface area contributed by atoms with E-state index in [0.29, 0.717) is 31.0 Å². The number of hydrogen-bond donors (Lipinski definition) is 1. The number of rotatable bonds is 4. The van der Waals surface area contributed by atoms with Gasteiger partial charge in [-0.1, -0.05) is 25.1 Å². The summed E-state index contributed by atoms with van der Waals surface area (Å²) in [6.07, 6.45) is -8.08. The monoisotopic (exact) mass is 485 g/mol. The summed E-state index contributed by atoms with van der Waals surface area (Å²) in [5.41, 5.74) is -1.63. The Morgan fingerprint density at radius 2 is 1.71 bits per heavy atom. The van der Waals surface area contributed by atoms with Gasteiger partial charge in [-0.3, -0.25) is 5.21 Å². The highest BCUT2D eigenvalue weighted by Gasteiger charge is 2.38. The Morgan fingerprint density at radius 1 is 1.00 bits per heavy atom. The van der Waals surface area contributed by atoms with Crippen LogP contribution < -0.4 is 9.96 Å². The van der Waals surface area contributed by atoms with Gasteiger partial charge >= 0.3 is 12.4 Å². The van der Waals surface area contributed by atoms with E-state index in [1.165, 1.54) is 6.07 Å². The molecule has 2 aromatic heterocycles. The number of aromatic nitrogens is 3. The first-order chi connectivity index (χ1) is 15.9. The van der Waals surface area contributed by atoms with E-state index in [-0.39, 0.29) is 11.7 Å². The lowest BCUT2D eigenvalue weighted by atomic mass is 9.93. The maximum atomic E-state index is 13.4. The molecule has 0 amide bonds. The summed E-state index contributed by atoms with van der Waals surface area (Å²) in [6.45, 7) is 2.49. The van der Waals surface area contributed by atoms with Crippen LogP contribution in [0.5, 0.6) is 0 Å². The Bertz CT molecular complexity index is 1110. The fourth-order valence-corrected chi connectivity index (χ4v) is 4.05. The minimum Gasteiger partial charge on any atom is -0.356 e. The second-order valence-corrected chi connectivity index (χ2v) is 8.16. The van der Waals surface area contributed by atoms with Gasteiger partial charge in [-0.15, -0.1) is 0 Å². The summed E-state index contributed by atoms with van der Waals surface area (Å²) in [5.74, 6) is -0.0238. The molecule has 0 radical (unpaired) electrons. The fraction of sp³-hybridized carbons (Fsp3) is 0.364. The van der Waals surface area contributed by atoms with Crippen LogP contribution >= 0.6 is 0 Å². The van der Waals surface area contributed by atoms with Gasteiger partial charge < -0.3 is 4.90 Å². The van der Waals surface area contributed by atoms with Gasteiger partial charge in [0.25, 0.3) is 0 Å². The van der Waals surface area contributed by atoms with Crippen molar-refractivity contribution in [2.75, 3.05) is 23.1 Å². The lowest BCUT2D eigenvalue weighted by Crippen LogP contribution is -2.50. The van der Waals surface area contributed by atoms with E-state index in [2.05, 4.69) is 10.1 Å². The summed E-state index contributed by atoms with van der Waals surface area (Å²) in [4.78, 5) is 5.69. The Hall–Kier alpha value is -3.28. The van der Waals surface area contributed by atoms with E-state index in [1.54, 1.807) is 42.2 Å². The SMILES string of the molecule is C[C@H]1CN(c2ccc(C(F)(F)F)cn2)CCC1N(O)c1cc(C(F)(F)F)nn1-c1ccccc1. The molecule has 0 aliphatic carbocycles. The van der Waals surface area contributed by atoms with E-state index < -0.39 is 29.7 Å². The van der Waals surface area contributed by atoms with Crippen LogP contribution in [0.2, 0.25) is 0 Å². The average molecular weight is 485 g/mol. The molecule has 12 heteroatoms. The third kappa shape index (κ3) is 4.81. The lowest BCUT2D eigenvalue weighted by Gasteiger charge is -2.41. The highest BCUT2D eigenvalue weighted by Crippen LogP contribution is 2.35. The number of hydroxylamine groups is 1. The van der Waals surface area contributed by atoms with Crippen LogP contribution in [-0.4, -0.2) is 39.1 Å². The van der Waals surface area contributed by atoms with Crippen molar-refractivity contribution >= 4 is 11.6 Å². The van der Waals surface area contributed by atoms with E-state index in [9.17, 15) is 31.5 Å². The average Bonchev–Trinajstić information content (AvgIpc) is 3.25. The Balaban J connectivity index is 1.55. The predicted octanol–water partition coefficient (Wildman–Crippen LogP) is 5.42. The van der Waals surface area contributed by atoms with Crippen molar-refractivity contribution in [1.82, 2.24) is 14.8 Å². The van der Waals surface area contributed by atoms with Gasteiger partial charge in [0.05, 0.1) is 17.3 Å². The summed E-state index contributed by atoms with van der Waals surface area (Å²) in [6, 6.07) is 10.6. The van der Waals surface area contributed by atoms with E-state index in [0.717, 1.165) is 28.1 Å². The molecule has 0 spiro atoms. The van der Waals surface area contributed by atoms with Gasteiger partial charge in [-0.25, -0.2) is 14.7 Å². The van der Waals surface area contributed by atoms with Crippen molar-refractivity contribution in [2.24, 2.45) is 5.92 Å². The van der Waals surface area contributed by atoms with Gasteiger partial charge in [0.15, 0.2) is 11.5 Å². The molecule has 1 fully saturated rings. The van der Waals surface area contributed by atoms with E-state index in [4.69, 9.17) is 0 Å². The first-order valence-electron chi connectivity index (χ1n) is 10.4. The molecule has 34 heavy (non-hydrogen) atoms. The van der Waals surface area contributed by atoms with Crippen LogP contribution in [0.25, 0.3) is 5.69 Å². The molecule has 2 atom stereocenters. The quantitative estimate of drug-likeness (QED) is 0.395. The van der Waals surface area contributed by atoms with Crippen LogP contribution in [0.3, 0.4) is 0 Å². The third-order valence-electron chi connectivity index (χ3n) is 5.79. The second-order valence-electron chi connectivity index (χ2n) is 8.16. The molecule has 1 N–H and O–H groups in total. The standard InChI is InChI=1S/C22H21F6N5O/c1-14-13-31(19-8-7-15(12-29-19)21(23,24)25)10-9-17(14)33(34)20-11-18(22(26,27)28)30-32(20)16-5-3-2-4-6-16/h2-8,11-12,14,17,34H,9-10,13H2,1H3/t14-,17?/m0/s1. The fourth-order valence-electron chi connectivity index (χ4n) is 4.05. The summed E-state index contributed by atoms with van der Waals surface area (Å²) in [5, 5.41) is 15.4. The van der Waals surface area contributed by atoms with Gasteiger partial charge in [-0.05, 0) is 36.6 Å². The highest BCUT2D eigenvalue weighted by molar-refractivity contribution is 5.49. The number of benzene rings is 1. The number of halogens is 6. The molecular formula is C22H21F6N5O. The molecule has 0 bridgehead atoms. The number of alkyl halides is 6. The summed E-state index contributed by atoms with van der Waals surface area (Å²) >= 11 is 0. The van der Waals surface area contributed by atoms with E-state index >= 15 is 0 Å². The number of anilines is 2. The van der Waals surface area contributed by atoms with Gasteiger partial charge in [0, 0.05) is 25.4 Å². The topological polar surface area (TPSA) is 57.4 Å². The van der Waals surface area contributed by atoms with Crippen molar-refractivity contribution in [3.8, 4) is 5.69 Å². The Morgan fingerprint density at radius 3 is 2.26 bits per heavy atom. The zero-order chi connectivity index (χ0) is 24.7. The molecule has 1 aliphatic rings. The normalized spacial score (nSPS) is 19.4. The summed E-state index contributed by atoms with van der Waals surface area (Å²) in [7, 11) is 0. The predicted molar refractivity (Wildman–Crippen MR) is 112 cm³/mol. The second kappa shape index (κ2) is 8.82. The van der Waals surface area contributed by atoms with E-state index in [1.807, 2.05) is 0 Å². The van der Waals surface area contributed by atoms with Crippen LogP contribution in [0.15, 0.2) is 54.7 Å². The minimum atomic E-state index is -4.70. The van der Waals surface area contributed by atoms with Crippen molar-refractivity contribution in [3.63, 3.8) is 0 Å². The molecular weight excluding hydrogens is 464 g/mol. The smallest absolute Gasteiger partial charge is 0.356 e. The molecule has 1 unspecified atom stereocenters. The van der Waals surface area contributed by atoms with Crippen molar-refractivity contribution in [3.05, 3.63) is 66.0 Å². The Labute approximate surface area is 191 Å². The number of para-hydroxylation sites is 1. The van der Waals surface area contributed by atoms with Crippen molar-refractivity contribution in [1.29, 1.82) is 0 Å². The number of pyridine rings is 1. The number of nitrogens with zero attached hydrogens (tertiary/aromatic N) is 5. The highest BCUT2D eigenvalue weighted by atomic mass is 19.4. The summed E-state index contributed by atoms with van der Waals surface area (Å²) < 4.78 is 79.5. The van der Waals surface area contributed by atoms with Gasteiger partial charge in [0.1, 0.15) is 5.82 Å². The molecule has 3 aromatic rings. The van der Waals surface area contributed by atoms with Crippen LogP contribution in [0, 0.1) is 5.92 Å². The van der Waals surface area contributed by atoms with Crippen molar-refractivity contribution in [2.45, 2.75) is 31.7 Å². The maximum Gasteiger partial charge on any atom is 0.435 e.